The Balaban J connectivity index is 2.02. The van der Waals surface area contributed by atoms with Crippen molar-refractivity contribution in [1.82, 2.24) is 15.0 Å². The molecule has 0 aromatic carbocycles. The van der Waals surface area contributed by atoms with Crippen LogP contribution >= 0.6 is 11.8 Å². The molecule has 0 fully saturated rings. The summed E-state index contributed by atoms with van der Waals surface area (Å²) in [5.74, 6) is 4.20. The molecule has 0 bridgehead atoms. The average molecular weight is 288 g/mol. The van der Waals surface area contributed by atoms with Crippen LogP contribution in [0, 0.1) is 0 Å². The van der Waals surface area contributed by atoms with E-state index in [4.69, 9.17) is 4.74 Å². The van der Waals surface area contributed by atoms with Gasteiger partial charge in [0.25, 0.3) is 0 Å². The minimum absolute atomic E-state index is 0.595. The van der Waals surface area contributed by atoms with Crippen LogP contribution in [0.1, 0.15) is 18.2 Å². The summed E-state index contributed by atoms with van der Waals surface area (Å²) >= 11 is 1.87. The number of ether oxygens (including phenoxy) is 1. The molecule has 0 unspecified atom stereocenters. The first-order chi connectivity index (χ1) is 9.81. The SMILES string of the molecule is CCNc1nc(-c2ccc(OC)nc2)nc2c1CSC2. The standard InChI is InChI=1S/C14H16N4OS/c1-3-15-14-10-7-20-8-11(10)17-13(18-14)9-4-5-12(19-2)16-6-9/h4-6H,3,7-8H2,1-2H3,(H,15,17,18). The van der Waals surface area contributed by atoms with E-state index in [1.165, 1.54) is 5.56 Å². The highest BCUT2D eigenvalue weighted by atomic mass is 32.2. The molecule has 1 N–H and O–H groups in total. The van der Waals surface area contributed by atoms with E-state index in [1.54, 1.807) is 13.3 Å². The zero-order valence-electron chi connectivity index (χ0n) is 11.5. The minimum atomic E-state index is 0.595. The summed E-state index contributed by atoms with van der Waals surface area (Å²) in [6.07, 6.45) is 1.75. The maximum Gasteiger partial charge on any atom is 0.212 e. The summed E-state index contributed by atoms with van der Waals surface area (Å²) in [6.45, 7) is 2.93. The van der Waals surface area contributed by atoms with E-state index < -0.39 is 0 Å². The maximum atomic E-state index is 5.07. The van der Waals surface area contributed by atoms with Crippen molar-refractivity contribution in [3.63, 3.8) is 0 Å². The molecule has 0 saturated heterocycles. The van der Waals surface area contributed by atoms with Crippen LogP contribution in [0.15, 0.2) is 18.3 Å². The molecule has 3 heterocycles. The van der Waals surface area contributed by atoms with Crippen LogP contribution in [0.5, 0.6) is 5.88 Å². The van der Waals surface area contributed by atoms with Gasteiger partial charge in [-0.15, -0.1) is 0 Å². The van der Waals surface area contributed by atoms with Gasteiger partial charge in [-0.05, 0) is 13.0 Å². The lowest BCUT2D eigenvalue weighted by atomic mass is 10.2. The van der Waals surface area contributed by atoms with E-state index in [2.05, 4.69) is 27.2 Å². The largest absolute Gasteiger partial charge is 0.481 e. The number of nitrogens with zero attached hydrogens (tertiary/aromatic N) is 3. The average Bonchev–Trinajstić information content (AvgIpc) is 2.96. The smallest absolute Gasteiger partial charge is 0.212 e. The van der Waals surface area contributed by atoms with E-state index in [1.807, 2.05) is 23.9 Å². The molecule has 2 aromatic rings. The Morgan fingerprint density at radius 1 is 1.30 bits per heavy atom. The second kappa shape index (κ2) is 5.66. The molecule has 0 saturated carbocycles. The number of methoxy groups -OCH3 is 1. The summed E-state index contributed by atoms with van der Waals surface area (Å²) in [7, 11) is 1.61. The molecule has 0 aliphatic carbocycles. The normalized spacial score (nSPS) is 13.1. The number of nitrogens with one attached hydrogen (secondary N) is 1. The Bertz CT molecular complexity index is 615. The van der Waals surface area contributed by atoms with Crippen molar-refractivity contribution < 1.29 is 4.74 Å². The lowest BCUT2D eigenvalue weighted by molar-refractivity contribution is 0.398. The first-order valence-corrected chi connectivity index (χ1v) is 7.69. The molecule has 0 atom stereocenters. The number of thioether (sulfide) groups is 1. The van der Waals surface area contributed by atoms with Crippen LogP contribution < -0.4 is 10.1 Å². The lowest BCUT2D eigenvalue weighted by Gasteiger charge is -2.10. The molecule has 0 spiro atoms. The van der Waals surface area contributed by atoms with Crippen molar-refractivity contribution in [3.05, 3.63) is 29.6 Å². The minimum Gasteiger partial charge on any atom is -0.481 e. The van der Waals surface area contributed by atoms with Gasteiger partial charge in [-0.25, -0.2) is 15.0 Å². The van der Waals surface area contributed by atoms with Crippen molar-refractivity contribution in [1.29, 1.82) is 0 Å². The molecule has 5 nitrogen and oxygen atoms in total. The topological polar surface area (TPSA) is 59.9 Å². The van der Waals surface area contributed by atoms with Crippen molar-refractivity contribution in [3.8, 4) is 17.3 Å². The van der Waals surface area contributed by atoms with Crippen molar-refractivity contribution in [2.24, 2.45) is 0 Å². The van der Waals surface area contributed by atoms with E-state index >= 15 is 0 Å². The summed E-state index contributed by atoms with van der Waals surface area (Å²) in [5.41, 5.74) is 3.28. The van der Waals surface area contributed by atoms with Crippen molar-refractivity contribution in [2.75, 3.05) is 19.0 Å². The second-order valence-electron chi connectivity index (χ2n) is 4.43. The lowest BCUT2D eigenvalue weighted by Crippen LogP contribution is -2.06. The van der Waals surface area contributed by atoms with E-state index in [-0.39, 0.29) is 0 Å². The first-order valence-electron chi connectivity index (χ1n) is 6.53. The number of aromatic nitrogens is 3. The summed E-state index contributed by atoms with van der Waals surface area (Å²) < 4.78 is 5.07. The van der Waals surface area contributed by atoms with Crippen molar-refractivity contribution >= 4 is 17.6 Å². The molecule has 3 rings (SSSR count). The van der Waals surface area contributed by atoms with Gasteiger partial charge in [0.15, 0.2) is 5.82 Å². The van der Waals surface area contributed by atoms with Crippen molar-refractivity contribution in [2.45, 2.75) is 18.4 Å². The highest BCUT2D eigenvalue weighted by Crippen LogP contribution is 2.34. The fourth-order valence-corrected chi connectivity index (χ4v) is 3.17. The van der Waals surface area contributed by atoms with Crippen LogP contribution in [-0.4, -0.2) is 28.6 Å². The molecule has 6 heteroatoms. The summed E-state index contributed by atoms with van der Waals surface area (Å²) in [6, 6.07) is 3.76. The number of fused-ring (bicyclic) bond motifs is 1. The molecule has 20 heavy (non-hydrogen) atoms. The quantitative estimate of drug-likeness (QED) is 0.933. The third-order valence-electron chi connectivity index (χ3n) is 3.13. The fourth-order valence-electron chi connectivity index (χ4n) is 2.13. The summed E-state index contributed by atoms with van der Waals surface area (Å²) in [5, 5.41) is 3.33. The number of rotatable bonds is 4. The Morgan fingerprint density at radius 2 is 2.20 bits per heavy atom. The molecule has 1 aliphatic rings. The van der Waals surface area contributed by atoms with E-state index in [9.17, 15) is 0 Å². The Kier molecular flexibility index (Phi) is 3.73. The van der Waals surface area contributed by atoms with Gasteiger partial charge in [-0.1, -0.05) is 0 Å². The number of hydrogen-bond donors (Lipinski definition) is 1. The molecule has 2 aromatic heterocycles. The van der Waals surface area contributed by atoms with Gasteiger partial charge >= 0.3 is 0 Å². The Hall–Kier alpha value is -1.82. The monoisotopic (exact) mass is 288 g/mol. The van der Waals surface area contributed by atoms with Gasteiger partial charge in [-0.3, -0.25) is 0 Å². The van der Waals surface area contributed by atoms with Gasteiger partial charge < -0.3 is 10.1 Å². The zero-order chi connectivity index (χ0) is 13.9. The van der Waals surface area contributed by atoms with Crippen LogP contribution in [0.2, 0.25) is 0 Å². The van der Waals surface area contributed by atoms with Crippen LogP contribution in [0.25, 0.3) is 11.4 Å². The van der Waals surface area contributed by atoms with Crippen LogP contribution in [-0.2, 0) is 11.5 Å². The Labute approximate surface area is 122 Å². The van der Waals surface area contributed by atoms with E-state index in [0.29, 0.717) is 5.88 Å². The third kappa shape index (κ3) is 2.43. The highest BCUT2D eigenvalue weighted by molar-refractivity contribution is 7.98. The molecular formula is C14H16N4OS. The first kappa shape index (κ1) is 13.2. The second-order valence-corrected chi connectivity index (χ2v) is 5.42. The van der Waals surface area contributed by atoms with E-state index in [0.717, 1.165) is 41.0 Å². The summed E-state index contributed by atoms with van der Waals surface area (Å²) in [4.78, 5) is 13.5. The predicted octanol–water partition coefficient (Wildman–Crippen LogP) is 2.73. The number of pyridine rings is 1. The molecule has 0 radical (unpaired) electrons. The maximum absolute atomic E-state index is 5.07. The number of anilines is 1. The Morgan fingerprint density at radius 3 is 2.90 bits per heavy atom. The van der Waals surface area contributed by atoms with Gasteiger partial charge in [0, 0.05) is 41.4 Å². The molecule has 1 aliphatic heterocycles. The van der Waals surface area contributed by atoms with Gasteiger partial charge in [0.05, 0.1) is 12.8 Å². The zero-order valence-corrected chi connectivity index (χ0v) is 12.3. The highest BCUT2D eigenvalue weighted by Gasteiger charge is 2.20. The van der Waals surface area contributed by atoms with Gasteiger partial charge in [-0.2, -0.15) is 11.8 Å². The van der Waals surface area contributed by atoms with Gasteiger partial charge in [0.1, 0.15) is 5.82 Å². The molecule has 104 valence electrons. The predicted molar refractivity (Wildman–Crippen MR) is 81.0 cm³/mol. The molecular weight excluding hydrogens is 272 g/mol. The van der Waals surface area contributed by atoms with Gasteiger partial charge in [0.2, 0.25) is 5.88 Å². The van der Waals surface area contributed by atoms with Crippen LogP contribution in [0.3, 0.4) is 0 Å². The third-order valence-corrected chi connectivity index (χ3v) is 4.10. The van der Waals surface area contributed by atoms with Crippen LogP contribution in [0.4, 0.5) is 5.82 Å². The number of hydrogen-bond acceptors (Lipinski definition) is 6. The fraction of sp³-hybridized carbons (Fsp3) is 0.357. The molecule has 0 amide bonds.